The highest BCUT2D eigenvalue weighted by atomic mass is 32.2. The van der Waals surface area contributed by atoms with E-state index in [1.54, 1.807) is 0 Å². The van der Waals surface area contributed by atoms with Crippen LogP contribution in [-0.2, 0) is 14.3 Å². The Kier molecular flexibility index (Phi) is 15.5. The molecule has 0 aromatic heterocycles. The fraction of sp³-hybridized carbons (Fsp3) is 1.00. The van der Waals surface area contributed by atoms with Crippen LogP contribution in [0, 0.1) is 5.41 Å². The largest absolute Gasteiger partial charge is 0.344 e. The first-order valence-electron chi connectivity index (χ1n) is 9.32. The van der Waals surface area contributed by atoms with Gasteiger partial charge in [-0.05, 0) is 31.1 Å². The molecule has 5 heteroatoms. The van der Waals surface area contributed by atoms with Crippen molar-refractivity contribution in [3.05, 3.63) is 0 Å². The quantitative estimate of drug-likeness (QED) is 0.296. The van der Waals surface area contributed by atoms with E-state index in [1.165, 1.54) is 0 Å². The van der Waals surface area contributed by atoms with E-state index in [9.17, 15) is 8.42 Å². The minimum Gasteiger partial charge on any atom is -0.344 e. The van der Waals surface area contributed by atoms with E-state index >= 15 is 0 Å². The summed E-state index contributed by atoms with van der Waals surface area (Å²) in [5, 5.41) is 0. The molecule has 0 radical (unpaired) electrons. The second-order valence-electron chi connectivity index (χ2n) is 6.69. The highest BCUT2D eigenvalue weighted by molar-refractivity contribution is 7.86. The van der Waals surface area contributed by atoms with Crippen molar-refractivity contribution in [1.82, 2.24) is 6.15 Å². The van der Waals surface area contributed by atoms with E-state index in [0.29, 0.717) is 6.61 Å². The van der Waals surface area contributed by atoms with Gasteiger partial charge >= 0.3 is 0 Å². The summed E-state index contributed by atoms with van der Waals surface area (Å²) in [5.74, 6) is 0.212. The summed E-state index contributed by atoms with van der Waals surface area (Å²) in [7, 11) is -3.40. The molecule has 142 valence electrons. The van der Waals surface area contributed by atoms with Crippen molar-refractivity contribution in [2.75, 3.05) is 12.4 Å². The summed E-state index contributed by atoms with van der Waals surface area (Å²) in [6, 6.07) is 0. The lowest BCUT2D eigenvalue weighted by Gasteiger charge is -2.34. The van der Waals surface area contributed by atoms with Gasteiger partial charge in [-0.25, -0.2) is 0 Å². The van der Waals surface area contributed by atoms with Gasteiger partial charge in [-0.3, -0.25) is 4.18 Å². The fourth-order valence-electron chi connectivity index (χ4n) is 2.99. The lowest BCUT2D eigenvalue weighted by Crippen LogP contribution is -2.32. The molecule has 0 bridgehead atoms. The maximum Gasteiger partial charge on any atom is 0.267 e. The first-order chi connectivity index (χ1) is 10.4. The van der Waals surface area contributed by atoms with Gasteiger partial charge in [0.25, 0.3) is 10.1 Å². The molecular formula is C18H41NO3S. The molecule has 0 amide bonds. The van der Waals surface area contributed by atoms with Crippen LogP contribution in [0.15, 0.2) is 0 Å². The average Bonchev–Trinajstić information content (AvgIpc) is 2.48. The lowest BCUT2D eigenvalue weighted by molar-refractivity contribution is 0.218. The van der Waals surface area contributed by atoms with Crippen LogP contribution in [0.3, 0.4) is 0 Å². The Morgan fingerprint density at radius 1 is 0.739 bits per heavy atom. The molecule has 0 aromatic carbocycles. The standard InChI is InChI=1S/C18H38O3S.H3N/c1-5-9-13-18(14-10-6-2,15-11-7-3)17-22(19,20)21-16-12-8-4;/h5-17H2,1-4H3;1H3. The van der Waals surface area contributed by atoms with Gasteiger partial charge in [0.05, 0.1) is 12.4 Å². The fourth-order valence-corrected chi connectivity index (χ4v) is 4.63. The summed E-state index contributed by atoms with van der Waals surface area (Å²) >= 11 is 0. The van der Waals surface area contributed by atoms with Crippen LogP contribution in [0.4, 0.5) is 0 Å². The molecular weight excluding hydrogens is 310 g/mol. The Hall–Kier alpha value is -0.130. The number of hydrogen-bond donors (Lipinski definition) is 1. The minimum absolute atomic E-state index is 0. The van der Waals surface area contributed by atoms with Gasteiger partial charge in [-0.2, -0.15) is 8.42 Å². The molecule has 0 aliphatic carbocycles. The second kappa shape index (κ2) is 14.2. The summed E-state index contributed by atoms with van der Waals surface area (Å²) in [5.41, 5.74) is -0.0763. The van der Waals surface area contributed by atoms with Gasteiger partial charge < -0.3 is 6.15 Å². The van der Waals surface area contributed by atoms with Crippen molar-refractivity contribution >= 4 is 10.1 Å². The van der Waals surface area contributed by atoms with Crippen LogP contribution < -0.4 is 6.15 Å². The Labute approximate surface area is 145 Å². The topological polar surface area (TPSA) is 78.4 Å². The van der Waals surface area contributed by atoms with Crippen LogP contribution in [0.25, 0.3) is 0 Å². The van der Waals surface area contributed by atoms with Crippen LogP contribution in [0.2, 0.25) is 0 Å². The molecule has 0 fully saturated rings. The zero-order valence-electron chi connectivity index (χ0n) is 16.0. The van der Waals surface area contributed by atoms with Gasteiger partial charge in [-0.15, -0.1) is 0 Å². The van der Waals surface area contributed by atoms with Crippen LogP contribution in [0.1, 0.15) is 98.3 Å². The highest BCUT2D eigenvalue weighted by Crippen LogP contribution is 2.38. The highest BCUT2D eigenvalue weighted by Gasteiger charge is 2.34. The van der Waals surface area contributed by atoms with Gasteiger partial charge in [0.2, 0.25) is 0 Å². The summed E-state index contributed by atoms with van der Waals surface area (Å²) in [4.78, 5) is 0. The normalized spacial score (nSPS) is 12.2. The zero-order chi connectivity index (χ0) is 16.9. The van der Waals surface area contributed by atoms with E-state index in [4.69, 9.17) is 4.18 Å². The van der Waals surface area contributed by atoms with Gasteiger partial charge in [-0.1, -0.05) is 72.6 Å². The first-order valence-corrected chi connectivity index (χ1v) is 10.9. The Bertz CT molecular complexity index is 334. The SMILES string of the molecule is CCCCOS(=O)(=O)CC(CCCC)(CCCC)CCCC.N. The molecule has 0 aliphatic heterocycles. The summed E-state index contributed by atoms with van der Waals surface area (Å²) < 4.78 is 30.0. The molecule has 3 N–H and O–H groups in total. The Morgan fingerprint density at radius 3 is 1.48 bits per heavy atom. The zero-order valence-corrected chi connectivity index (χ0v) is 16.8. The van der Waals surface area contributed by atoms with Crippen LogP contribution in [0.5, 0.6) is 0 Å². The molecule has 0 aliphatic rings. The molecule has 0 heterocycles. The number of rotatable bonds is 15. The van der Waals surface area contributed by atoms with E-state index in [1.807, 2.05) is 6.92 Å². The van der Waals surface area contributed by atoms with E-state index in [0.717, 1.165) is 70.6 Å². The summed E-state index contributed by atoms with van der Waals surface area (Å²) in [6.07, 6.45) is 11.5. The molecule has 0 rings (SSSR count). The van der Waals surface area contributed by atoms with Gasteiger partial charge in [0.1, 0.15) is 0 Å². The molecule has 0 atom stereocenters. The summed E-state index contributed by atoms with van der Waals surface area (Å²) in [6.45, 7) is 8.91. The second-order valence-corrected chi connectivity index (χ2v) is 8.33. The smallest absolute Gasteiger partial charge is 0.267 e. The van der Waals surface area contributed by atoms with Crippen molar-refractivity contribution < 1.29 is 12.6 Å². The molecule has 0 aromatic rings. The lowest BCUT2D eigenvalue weighted by atomic mass is 9.76. The molecule has 4 nitrogen and oxygen atoms in total. The Balaban J connectivity index is 0. The maximum absolute atomic E-state index is 12.4. The van der Waals surface area contributed by atoms with E-state index < -0.39 is 10.1 Å². The number of hydrogen-bond acceptors (Lipinski definition) is 4. The van der Waals surface area contributed by atoms with E-state index in [-0.39, 0.29) is 17.3 Å². The van der Waals surface area contributed by atoms with Crippen molar-refractivity contribution in [1.29, 1.82) is 0 Å². The van der Waals surface area contributed by atoms with Crippen molar-refractivity contribution in [3.8, 4) is 0 Å². The van der Waals surface area contributed by atoms with Crippen LogP contribution >= 0.6 is 0 Å². The first kappa shape index (κ1) is 25.1. The molecule has 23 heavy (non-hydrogen) atoms. The van der Waals surface area contributed by atoms with Crippen molar-refractivity contribution in [2.24, 2.45) is 5.41 Å². The predicted molar refractivity (Wildman–Crippen MR) is 101 cm³/mol. The maximum atomic E-state index is 12.4. The Morgan fingerprint density at radius 2 is 1.13 bits per heavy atom. The minimum atomic E-state index is -3.40. The van der Waals surface area contributed by atoms with Gasteiger partial charge in [0.15, 0.2) is 0 Å². The third-order valence-electron chi connectivity index (χ3n) is 4.43. The average molecular weight is 352 g/mol. The monoisotopic (exact) mass is 351 g/mol. The van der Waals surface area contributed by atoms with E-state index in [2.05, 4.69) is 20.8 Å². The van der Waals surface area contributed by atoms with Gasteiger partial charge in [0, 0.05) is 0 Å². The predicted octanol–water partition coefficient (Wildman–Crippen LogP) is 5.85. The van der Waals surface area contributed by atoms with Crippen molar-refractivity contribution in [2.45, 2.75) is 98.3 Å². The third kappa shape index (κ3) is 12.0. The van der Waals surface area contributed by atoms with Crippen LogP contribution in [-0.4, -0.2) is 20.8 Å². The molecule has 0 spiro atoms. The molecule has 0 saturated carbocycles. The molecule has 0 saturated heterocycles. The molecule has 0 unspecified atom stereocenters. The number of unbranched alkanes of at least 4 members (excludes halogenated alkanes) is 4. The third-order valence-corrected chi connectivity index (χ3v) is 5.92. The van der Waals surface area contributed by atoms with Crippen molar-refractivity contribution in [3.63, 3.8) is 0 Å².